The van der Waals surface area contributed by atoms with Crippen LogP contribution in [0.25, 0.3) is 0 Å². The highest BCUT2D eigenvalue weighted by Gasteiger charge is 2.23. The van der Waals surface area contributed by atoms with Gasteiger partial charge >= 0.3 is 0 Å². The molecule has 0 bridgehead atoms. The van der Waals surface area contributed by atoms with Crippen LogP contribution in [0.2, 0.25) is 0 Å². The van der Waals surface area contributed by atoms with Crippen LogP contribution in [0.5, 0.6) is 0 Å². The van der Waals surface area contributed by atoms with Crippen molar-refractivity contribution < 1.29 is 13.2 Å². The molecule has 0 aliphatic carbocycles. The Balaban J connectivity index is 2.83. The Hall–Kier alpha value is -1.05. The fourth-order valence-electron chi connectivity index (χ4n) is 2.06. The smallest absolute Gasteiger partial charge is 0.242 e. The highest BCUT2D eigenvalue weighted by Crippen LogP contribution is 2.23. The second-order valence-corrected chi connectivity index (χ2v) is 9.70. The molecule has 1 atom stereocenters. The number of hydrogen-bond donors (Lipinski definition) is 2. The second kappa shape index (κ2) is 8.87. The molecule has 1 aromatic rings. The highest BCUT2D eigenvalue weighted by molar-refractivity contribution is 7.98. The van der Waals surface area contributed by atoms with E-state index >= 15 is 0 Å². The number of thioether (sulfide) groups is 1. The van der Waals surface area contributed by atoms with Crippen molar-refractivity contribution in [2.24, 2.45) is 0 Å². The molecule has 0 saturated heterocycles. The van der Waals surface area contributed by atoms with Gasteiger partial charge in [-0.15, -0.1) is 0 Å². The second-order valence-electron chi connectivity index (χ2n) is 6.67. The van der Waals surface area contributed by atoms with Gasteiger partial charge in [-0.05, 0) is 48.5 Å². The molecule has 0 aliphatic rings. The molecular weight excluding hydrogens is 344 g/mol. The topological polar surface area (TPSA) is 75.3 Å². The zero-order valence-electron chi connectivity index (χ0n) is 15.0. The summed E-state index contributed by atoms with van der Waals surface area (Å²) in [5.74, 6) is 0.327. The lowest BCUT2D eigenvalue weighted by atomic mass is 9.87. The summed E-state index contributed by atoms with van der Waals surface area (Å²) in [5, 5.41) is 2.80. The van der Waals surface area contributed by atoms with E-state index in [9.17, 15) is 13.2 Å². The van der Waals surface area contributed by atoms with Gasteiger partial charge in [0.2, 0.25) is 15.9 Å². The molecule has 1 rings (SSSR count). The van der Waals surface area contributed by atoms with Crippen LogP contribution in [0.15, 0.2) is 24.3 Å². The standard InChI is InChI=1S/C17H28N2O3S2/c1-6-24(21,22)19-15(11-12-23-5)16(20)18-14-9-7-13(8-10-14)17(2,3)4/h7-10,15,19H,6,11-12H2,1-5H3,(H,18,20). The zero-order chi connectivity index (χ0) is 18.4. The third-order valence-corrected chi connectivity index (χ3v) is 5.70. The van der Waals surface area contributed by atoms with E-state index in [4.69, 9.17) is 0 Å². The van der Waals surface area contributed by atoms with E-state index in [2.05, 4.69) is 30.8 Å². The summed E-state index contributed by atoms with van der Waals surface area (Å²) in [6.45, 7) is 7.92. The third kappa shape index (κ3) is 6.83. The van der Waals surface area contributed by atoms with E-state index in [1.807, 2.05) is 30.5 Å². The molecule has 0 fully saturated rings. The normalized spacial score (nSPS) is 13.5. The predicted octanol–water partition coefficient (Wildman–Crippen LogP) is 2.98. The van der Waals surface area contributed by atoms with Crippen molar-refractivity contribution in [3.8, 4) is 0 Å². The molecule has 0 saturated carbocycles. The first-order valence-electron chi connectivity index (χ1n) is 7.99. The molecule has 7 heteroatoms. The van der Waals surface area contributed by atoms with Crippen LogP contribution in [-0.4, -0.2) is 38.1 Å². The summed E-state index contributed by atoms with van der Waals surface area (Å²) in [4.78, 5) is 12.4. The van der Waals surface area contributed by atoms with Gasteiger partial charge in [-0.1, -0.05) is 32.9 Å². The first-order valence-corrected chi connectivity index (χ1v) is 11.0. The minimum absolute atomic E-state index is 0.0418. The number of hydrogen-bond acceptors (Lipinski definition) is 4. The molecule has 24 heavy (non-hydrogen) atoms. The number of anilines is 1. The molecule has 1 unspecified atom stereocenters. The molecule has 0 aromatic heterocycles. The largest absolute Gasteiger partial charge is 0.325 e. The summed E-state index contributed by atoms with van der Waals surface area (Å²) in [6, 6.07) is 6.88. The summed E-state index contributed by atoms with van der Waals surface area (Å²) in [7, 11) is -3.43. The molecular formula is C17H28N2O3S2. The van der Waals surface area contributed by atoms with Crippen LogP contribution in [0.1, 0.15) is 39.7 Å². The van der Waals surface area contributed by atoms with Gasteiger partial charge in [0, 0.05) is 5.69 Å². The monoisotopic (exact) mass is 372 g/mol. The Morgan fingerprint density at radius 2 is 1.79 bits per heavy atom. The molecule has 0 radical (unpaired) electrons. The molecule has 0 aliphatic heterocycles. The van der Waals surface area contributed by atoms with E-state index < -0.39 is 16.1 Å². The first kappa shape index (κ1) is 21.0. The lowest BCUT2D eigenvalue weighted by Crippen LogP contribution is -2.44. The summed E-state index contributed by atoms with van der Waals surface area (Å²) in [5.41, 5.74) is 1.88. The average molecular weight is 373 g/mol. The molecule has 1 aromatic carbocycles. The van der Waals surface area contributed by atoms with Crippen molar-refractivity contribution in [1.82, 2.24) is 4.72 Å². The Labute approximate surface area is 150 Å². The van der Waals surface area contributed by atoms with E-state index in [1.54, 1.807) is 18.7 Å². The Kier molecular flexibility index (Phi) is 7.76. The van der Waals surface area contributed by atoms with Gasteiger partial charge in [-0.25, -0.2) is 13.1 Å². The summed E-state index contributed by atoms with van der Waals surface area (Å²) in [6.07, 6.45) is 2.38. The Morgan fingerprint density at radius 1 is 1.21 bits per heavy atom. The molecule has 2 N–H and O–H groups in total. The third-order valence-electron chi connectivity index (χ3n) is 3.65. The van der Waals surface area contributed by atoms with Crippen LogP contribution < -0.4 is 10.0 Å². The minimum Gasteiger partial charge on any atom is -0.325 e. The van der Waals surface area contributed by atoms with E-state index in [0.29, 0.717) is 17.9 Å². The van der Waals surface area contributed by atoms with Crippen LogP contribution in [-0.2, 0) is 20.2 Å². The van der Waals surface area contributed by atoms with E-state index in [0.717, 1.165) is 0 Å². The molecule has 5 nitrogen and oxygen atoms in total. The van der Waals surface area contributed by atoms with Crippen LogP contribution in [0, 0.1) is 0 Å². The number of carbonyl (C=O) groups excluding carboxylic acids is 1. The fourth-order valence-corrected chi connectivity index (χ4v) is 3.36. The van der Waals surface area contributed by atoms with Crippen LogP contribution >= 0.6 is 11.8 Å². The van der Waals surface area contributed by atoms with Crippen molar-refractivity contribution in [3.63, 3.8) is 0 Å². The first-order chi connectivity index (χ1) is 11.1. The van der Waals surface area contributed by atoms with Crippen molar-refractivity contribution in [2.75, 3.05) is 23.1 Å². The summed E-state index contributed by atoms with van der Waals surface area (Å²) < 4.78 is 26.1. The highest BCUT2D eigenvalue weighted by atomic mass is 32.2. The number of benzene rings is 1. The SMILES string of the molecule is CCS(=O)(=O)NC(CCSC)C(=O)Nc1ccc(C(C)(C)C)cc1. The predicted molar refractivity (Wildman–Crippen MR) is 103 cm³/mol. The maximum absolute atomic E-state index is 12.4. The van der Waals surface area contributed by atoms with Gasteiger partial charge < -0.3 is 5.32 Å². The van der Waals surface area contributed by atoms with Crippen molar-refractivity contribution in [3.05, 3.63) is 29.8 Å². The maximum atomic E-state index is 12.4. The van der Waals surface area contributed by atoms with Gasteiger partial charge in [0.05, 0.1) is 5.75 Å². The lowest BCUT2D eigenvalue weighted by molar-refractivity contribution is -0.117. The minimum atomic E-state index is -3.43. The van der Waals surface area contributed by atoms with Gasteiger partial charge in [0.15, 0.2) is 0 Å². The zero-order valence-corrected chi connectivity index (χ0v) is 16.7. The van der Waals surface area contributed by atoms with Gasteiger partial charge in [0.1, 0.15) is 6.04 Å². The number of nitrogens with one attached hydrogen (secondary N) is 2. The van der Waals surface area contributed by atoms with Crippen molar-refractivity contribution in [1.29, 1.82) is 0 Å². The van der Waals surface area contributed by atoms with E-state index in [-0.39, 0.29) is 17.1 Å². The van der Waals surface area contributed by atoms with Crippen LogP contribution in [0.4, 0.5) is 5.69 Å². The van der Waals surface area contributed by atoms with Gasteiger partial charge in [-0.2, -0.15) is 11.8 Å². The molecule has 1 amide bonds. The Morgan fingerprint density at radius 3 is 2.25 bits per heavy atom. The number of rotatable bonds is 8. The molecule has 136 valence electrons. The average Bonchev–Trinajstić information content (AvgIpc) is 2.51. The Bertz CT molecular complexity index is 635. The van der Waals surface area contributed by atoms with Gasteiger partial charge in [-0.3, -0.25) is 4.79 Å². The van der Waals surface area contributed by atoms with Crippen LogP contribution in [0.3, 0.4) is 0 Å². The maximum Gasteiger partial charge on any atom is 0.242 e. The number of carbonyl (C=O) groups is 1. The van der Waals surface area contributed by atoms with E-state index in [1.165, 1.54) is 5.56 Å². The van der Waals surface area contributed by atoms with Crippen molar-refractivity contribution in [2.45, 2.75) is 45.6 Å². The lowest BCUT2D eigenvalue weighted by Gasteiger charge is -2.20. The number of sulfonamides is 1. The number of amides is 1. The molecule has 0 heterocycles. The molecule has 0 spiro atoms. The summed E-state index contributed by atoms with van der Waals surface area (Å²) >= 11 is 1.58. The quantitative estimate of drug-likeness (QED) is 0.736. The van der Waals surface area contributed by atoms with Crippen molar-refractivity contribution >= 4 is 33.4 Å². The fraction of sp³-hybridized carbons (Fsp3) is 0.588. The van der Waals surface area contributed by atoms with Gasteiger partial charge in [0.25, 0.3) is 0 Å².